The van der Waals surface area contributed by atoms with Gasteiger partial charge in [-0.05, 0) is 12.1 Å². The molecule has 4 heteroatoms. The molecule has 0 unspecified atom stereocenters. The van der Waals surface area contributed by atoms with Crippen LogP contribution in [-0.4, -0.2) is 0 Å². The average Bonchev–Trinajstić information content (AvgIpc) is 3.32. The smallest absolute Gasteiger partial charge is 0.191 e. The second kappa shape index (κ2) is 5.17. The lowest BCUT2D eigenvalue weighted by molar-refractivity contribution is 0.593. The first kappa shape index (κ1) is 14.9. The molecule has 1 aliphatic rings. The molecule has 0 radical (unpaired) electrons. The second-order valence-electron chi connectivity index (χ2n) is 6.50. The van der Waals surface area contributed by atoms with Gasteiger partial charge in [-0.1, -0.05) is 66.7 Å². The molecule has 6 rings (SSSR count). The molecule has 3 heterocycles. The van der Waals surface area contributed by atoms with E-state index in [0.29, 0.717) is 0 Å². The summed E-state index contributed by atoms with van der Waals surface area (Å²) in [6, 6.07) is 26.9. The monoisotopic (exact) mass is 388 g/mol. The third kappa shape index (κ3) is 1.73. The van der Waals surface area contributed by atoms with Crippen LogP contribution in [0.3, 0.4) is 0 Å². The minimum Gasteiger partial charge on any atom is -0.307 e. The number of rotatable bonds is 1. The van der Waals surface area contributed by atoms with E-state index < -0.39 is 7.14 Å². The van der Waals surface area contributed by atoms with Crippen LogP contribution in [0, 0.1) is 0 Å². The van der Waals surface area contributed by atoms with Crippen LogP contribution in [-0.2, 0) is 4.57 Å². The molecule has 0 N–H and O–H groups in total. The number of thiophene rings is 2. The highest BCUT2D eigenvalue weighted by Crippen LogP contribution is 2.60. The van der Waals surface area contributed by atoms with Crippen LogP contribution < -0.4 is 14.5 Å². The van der Waals surface area contributed by atoms with Gasteiger partial charge in [0.2, 0.25) is 0 Å². The van der Waals surface area contributed by atoms with Crippen LogP contribution in [0.1, 0.15) is 0 Å². The summed E-state index contributed by atoms with van der Waals surface area (Å²) in [6.45, 7) is 0. The lowest BCUT2D eigenvalue weighted by atomic mass is 10.0. The maximum Gasteiger partial charge on any atom is 0.191 e. The maximum atomic E-state index is 14.6. The minimum absolute atomic E-state index is 0.943. The van der Waals surface area contributed by atoms with Gasteiger partial charge in [0.05, 0.1) is 9.24 Å². The van der Waals surface area contributed by atoms with Crippen molar-refractivity contribution in [1.29, 1.82) is 0 Å². The van der Waals surface area contributed by atoms with Crippen LogP contribution in [0.4, 0.5) is 0 Å². The molecule has 0 aliphatic carbocycles. The Kier molecular flexibility index (Phi) is 2.97. The topological polar surface area (TPSA) is 17.1 Å². The van der Waals surface area contributed by atoms with Gasteiger partial charge in [0, 0.05) is 36.6 Å². The van der Waals surface area contributed by atoms with E-state index in [4.69, 9.17) is 0 Å². The van der Waals surface area contributed by atoms with Crippen molar-refractivity contribution in [3.63, 3.8) is 0 Å². The van der Waals surface area contributed by atoms with E-state index in [9.17, 15) is 4.57 Å². The molecule has 26 heavy (non-hydrogen) atoms. The highest BCUT2D eigenvalue weighted by atomic mass is 32.1. The zero-order valence-electron chi connectivity index (χ0n) is 13.7. The van der Waals surface area contributed by atoms with E-state index in [0.717, 1.165) is 14.5 Å². The summed E-state index contributed by atoms with van der Waals surface area (Å²) in [4.78, 5) is 0. The van der Waals surface area contributed by atoms with Crippen LogP contribution in [0.15, 0.2) is 78.9 Å². The van der Waals surface area contributed by atoms with Gasteiger partial charge in [0.25, 0.3) is 0 Å². The Labute approximate surface area is 158 Å². The molecule has 0 bridgehead atoms. The molecule has 5 aromatic rings. The third-order valence-electron chi connectivity index (χ3n) is 5.10. The van der Waals surface area contributed by atoms with Crippen LogP contribution >= 0.6 is 29.8 Å². The zero-order valence-corrected chi connectivity index (χ0v) is 16.2. The summed E-state index contributed by atoms with van der Waals surface area (Å²) in [7, 11) is -2.81. The Morgan fingerprint density at radius 3 is 1.58 bits per heavy atom. The van der Waals surface area contributed by atoms with Crippen molar-refractivity contribution in [3.8, 4) is 11.1 Å². The Morgan fingerprint density at radius 1 is 0.577 bits per heavy atom. The summed E-state index contributed by atoms with van der Waals surface area (Å²) < 4.78 is 19.2. The largest absolute Gasteiger partial charge is 0.307 e. The lowest BCUT2D eigenvalue weighted by Crippen LogP contribution is -2.17. The molecular formula is C22H13OPS2. The van der Waals surface area contributed by atoms with Crippen LogP contribution in [0.25, 0.3) is 31.3 Å². The van der Waals surface area contributed by atoms with Gasteiger partial charge in [0.15, 0.2) is 7.14 Å². The Bertz CT molecular complexity index is 1280. The molecule has 1 aliphatic heterocycles. The highest BCUT2D eigenvalue weighted by molar-refractivity contribution is 7.94. The predicted octanol–water partition coefficient (Wildman–Crippen LogP) is 5.74. The average molecular weight is 388 g/mol. The molecule has 0 saturated heterocycles. The SMILES string of the molecule is O=P1(c2ccccc2)c2sc3ccccc3c2-c2c1sc1ccccc21. The lowest BCUT2D eigenvalue weighted by Gasteiger charge is -2.12. The number of hydrogen-bond donors (Lipinski definition) is 0. The van der Waals surface area contributed by atoms with Crippen molar-refractivity contribution in [2.75, 3.05) is 0 Å². The van der Waals surface area contributed by atoms with Gasteiger partial charge in [-0.15, -0.1) is 22.7 Å². The van der Waals surface area contributed by atoms with Crippen molar-refractivity contribution in [2.24, 2.45) is 0 Å². The number of fused-ring (bicyclic) bond motifs is 7. The standard InChI is InChI=1S/C22H13OPS2/c23-24(14-8-2-1-3-9-14)21-19(15-10-4-6-12-17(15)25-21)20-16-11-5-7-13-18(16)26-22(20)24/h1-13H. The quantitative estimate of drug-likeness (QED) is 0.329. The van der Waals surface area contributed by atoms with Crippen molar-refractivity contribution in [1.82, 2.24) is 0 Å². The summed E-state index contributed by atoms with van der Waals surface area (Å²) >= 11 is 3.40. The summed E-state index contributed by atoms with van der Waals surface area (Å²) in [5.74, 6) is 0. The van der Waals surface area contributed by atoms with Crippen LogP contribution in [0.5, 0.6) is 0 Å². The first-order valence-corrected chi connectivity index (χ1v) is 11.8. The van der Waals surface area contributed by atoms with Gasteiger partial charge >= 0.3 is 0 Å². The fourth-order valence-corrected chi connectivity index (χ4v) is 11.2. The first-order valence-electron chi connectivity index (χ1n) is 8.49. The Balaban J connectivity index is 1.86. The van der Waals surface area contributed by atoms with E-state index >= 15 is 0 Å². The van der Waals surface area contributed by atoms with E-state index in [-0.39, 0.29) is 0 Å². The number of benzene rings is 3. The second-order valence-corrected chi connectivity index (χ2v) is 11.8. The van der Waals surface area contributed by atoms with Crippen molar-refractivity contribution < 1.29 is 4.57 Å². The molecular weight excluding hydrogens is 375 g/mol. The van der Waals surface area contributed by atoms with Crippen LogP contribution in [0.2, 0.25) is 0 Å². The maximum absolute atomic E-state index is 14.6. The van der Waals surface area contributed by atoms with E-state index in [1.807, 2.05) is 30.3 Å². The van der Waals surface area contributed by atoms with Gasteiger partial charge in [-0.2, -0.15) is 0 Å². The van der Waals surface area contributed by atoms with Crippen molar-refractivity contribution >= 4 is 64.5 Å². The molecule has 0 spiro atoms. The Hall–Kier alpha value is -2.19. The normalized spacial score (nSPS) is 14.6. The van der Waals surface area contributed by atoms with E-state index in [2.05, 4.69) is 48.5 Å². The molecule has 1 nitrogen and oxygen atoms in total. The van der Waals surface area contributed by atoms with E-state index in [1.54, 1.807) is 22.7 Å². The van der Waals surface area contributed by atoms with Crippen molar-refractivity contribution in [3.05, 3.63) is 78.9 Å². The van der Waals surface area contributed by atoms with Gasteiger partial charge in [0.1, 0.15) is 0 Å². The van der Waals surface area contributed by atoms with Gasteiger partial charge in [-0.25, -0.2) is 0 Å². The number of hydrogen-bond acceptors (Lipinski definition) is 3. The zero-order chi connectivity index (χ0) is 17.3. The fraction of sp³-hybridized carbons (Fsp3) is 0. The summed E-state index contributed by atoms with van der Waals surface area (Å²) in [5, 5.41) is 3.40. The third-order valence-corrected chi connectivity index (χ3v) is 11.7. The minimum atomic E-state index is -2.81. The fourth-order valence-electron chi connectivity index (χ4n) is 3.96. The van der Waals surface area contributed by atoms with Gasteiger partial charge in [-0.3, -0.25) is 0 Å². The van der Waals surface area contributed by atoms with E-state index in [1.165, 1.54) is 31.3 Å². The molecule has 0 saturated carbocycles. The van der Waals surface area contributed by atoms with Crippen molar-refractivity contribution in [2.45, 2.75) is 0 Å². The summed E-state index contributed by atoms with van der Waals surface area (Å²) in [6.07, 6.45) is 0. The molecule has 0 fully saturated rings. The molecule has 0 amide bonds. The van der Waals surface area contributed by atoms with Gasteiger partial charge < -0.3 is 4.57 Å². The highest BCUT2D eigenvalue weighted by Gasteiger charge is 2.45. The first-order chi connectivity index (χ1) is 12.8. The summed E-state index contributed by atoms with van der Waals surface area (Å²) in [5.41, 5.74) is 2.40. The molecule has 0 atom stereocenters. The molecule has 3 aromatic carbocycles. The molecule has 124 valence electrons. The predicted molar refractivity (Wildman–Crippen MR) is 116 cm³/mol. The Morgan fingerprint density at radius 2 is 1.04 bits per heavy atom. The molecule has 2 aromatic heterocycles.